The van der Waals surface area contributed by atoms with Crippen molar-refractivity contribution in [2.45, 2.75) is 19.1 Å². The second kappa shape index (κ2) is 8.99. The van der Waals surface area contributed by atoms with Gasteiger partial charge in [-0.1, -0.05) is 24.3 Å². The summed E-state index contributed by atoms with van der Waals surface area (Å²) in [5.41, 5.74) is 9.11. The SMILES string of the molecule is CNc1nc(-c2ccc3c(N)n[nH]c3c2)cc(N2C[C@@H](C(=O)Nc3ccccc3)OCC2C)n1. The van der Waals surface area contributed by atoms with Crippen molar-refractivity contribution in [1.82, 2.24) is 20.2 Å². The van der Waals surface area contributed by atoms with E-state index >= 15 is 0 Å². The lowest BCUT2D eigenvalue weighted by Gasteiger charge is -2.38. The highest BCUT2D eigenvalue weighted by molar-refractivity contribution is 5.95. The summed E-state index contributed by atoms with van der Waals surface area (Å²) in [5.74, 6) is 1.48. The third-order valence-electron chi connectivity index (χ3n) is 5.89. The zero-order valence-electron chi connectivity index (χ0n) is 18.9. The maximum Gasteiger partial charge on any atom is 0.255 e. The molecule has 0 radical (unpaired) electrons. The number of aromatic nitrogens is 4. The number of morpholine rings is 1. The van der Waals surface area contributed by atoms with Crippen LogP contribution in [0.4, 0.5) is 23.3 Å². The Balaban J connectivity index is 1.43. The van der Waals surface area contributed by atoms with Gasteiger partial charge in [0.1, 0.15) is 5.82 Å². The van der Waals surface area contributed by atoms with E-state index in [2.05, 4.69) is 35.7 Å². The van der Waals surface area contributed by atoms with E-state index in [-0.39, 0.29) is 11.9 Å². The lowest BCUT2D eigenvalue weighted by molar-refractivity contribution is -0.128. The molecule has 10 heteroatoms. The molecule has 4 aromatic rings. The first-order valence-corrected chi connectivity index (χ1v) is 11.1. The molecule has 0 spiro atoms. The Morgan fingerprint density at radius 2 is 2.00 bits per heavy atom. The number of H-pyrrole nitrogens is 1. The summed E-state index contributed by atoms with van der Waals surface area (Å²) in [6.45, 7) is 2.82. The number of nitrogens with two attached hydrogens (primary N) is 1. The molecule has 34 heavy (non-hydrogen) atoms. The Hall–Kier alpha value is -4.18. The highest BCUT2D eigenvalue weighted by atomic mass is 16.5. The lowest BCUT2D eigenvalue weighted by Crippen LogP contribution is -2.52. The van der Waals surface area contributed by atoms with Gasteiger partial charge in [0, 0.05) is 29.8 Å². The number of hydrogen-bond donors (Lipinski definition) is 4. The zero-order valence-corrected chi connectivity index (χ0v) is 18.9. The molecule has 1 aliphatic heterocycles. The minimum atomic E-state index is -0.628. The molecule has 0 aliphatic carbocycles. The van der Waals surface area contributed by atoms with Crippen LogP contribution in [0.1, 0.15) is 6.92 Å². The fourth-order valence-corrected chi connectivity index (χ4v) is 4.02. The van der Waals surface area contributed by atoms with Gasteiger partial charge in [-0.2, -0.15) is 10.1 Å². The first-order chi connectivity index (χ1) is 16.5. The van der Waals surface area contributed by atoms with Gasteiger partial charge >= 0.3 is 0 Å². The molecule has 3 heterocycles. The molecule has 0 saturated carbocycles. The standard InChI is InChI=1S/C24H26N8O2/c1-14-13-34-20(23(33)27-16-6-4-3-5-7-16)12-32(14)21-11-18(28-24(26-2)29-21)15-8-9-17-19(10-15)30-31-22(17)25/h3-11,14,20H,12-13H2,1-2H3,(H,27,33)(H3,25,30,31)(H,26,28,29)/t14?,20-/m0/s1. The molecule has 2 atom stereocenters. The molecule has 0 bridgehead atoms. The van der Waals surface area contributed by atoms with Crippen molar-refractivity contribution in [3.63, 3.8) is 0 Å². The summed E-state index contributed by atoms with van der Waals surface area (Å²) in [6.07, 6.45) is -0.628. The Morgan fingerprint density at radius 1 is 1.18 bits per heavy atom. The first kappa shape index (κ1) is 21.7. The fourth-order valence-electron chi connectivity index (χ4n) is 4.02. The number of para-hydroxylation sites is 1. The van der Waals surface area contributed by atoms with E-state index in [1.807, 2.05) is 61.5 Å². The van der Waals surface area contributed by atoms with Gasteiger partial charge in [0.25, 0.3) is 5.91 Å². The van der Waals surface area contributed by atoms with Crippen molar-refractivity contribution in [3.05, 3.63) is 54.6 Å². The van der Waals surface area contributed by atoms with E-state index < -0.39 is 6.10 Å². The van der Waals surface area contributed by atoms with Crippen LogP contribution < -0.4 is 21.3 Å². The van der Waals surface area contributed by atoms with Crippen LogP contribution in [0.25, 0.3) is 22.2 Å². The summed E-state index contributed by atoms with van der Waals surface area (Å²) in [6, 6.07) is 17.2. The second-order valence-electron chi connectivity index (χ2n) is 8.23. The maximum atomic E-state index is 12.9. The molecule has 1 aliphatic rings. The van der Waals surface area contributed by atoms with Crippen LogP contribution in [0.5, 0.6) is 0 Å². The molecule has 174 valence electrons. The van der Waals surface area contributed by atoms with E-state index in [1.165, 1.54) is 0 Å². The predicted octanol–water partition coefficient (Wildman–Crippen LogP) is 2.88. The molecular formula is C24H26N8O2. The second-order valence-corrected chi connectivity index (χ2v) is 8.23. The summed E-state index contributed by atoms with van der Waals surface area (Å²) in [5, 5.41) is 13.8. The van der Waals surface area contributed by atoms with Crippen LogP contribution >= 0.6 is 0 Å². The molecule has 5 rings (SSSR count). The Bertz CT molecular complexity index is 1320. The van der Waals surface area contributed by atoms with Crippen molar-refractivity contribution in [2.24, 2.45) is 0 Å². The van der Waals surface area contributed by atoms with Crippen LogP contribution in [0.3, 0.4) is 0 Å². The van der Waals surface area contributed by atoms with Gasteiger partial charge in [-0.15, -0.1) is 0 Å². The number of carbonyl (C=O) groups is 1. The van der Waals surface area contributed by atoms with Crippen LogP contribution in [0, 0.1) is 0 Å². The number of nitrogens with zero attached hydrogens (tertiary/aromatic N) is 4. The minimum absolute atomic E-state index is 0.0307. The molecule has 5 N–H and O–H groups in total. The molecular weight excluding hydrogens is 432 g/mol. The lowest BCUT2D eigenvalue weighted by atomic mass is 10.1. The molecule has 1 unspecified atom stereocenters. The van der Waals surface area contributed by atoms with Crippen molar-refractivity contribution in [1.29, 1.82) is 0 Å². The predicted molar refractivity (Wildman–Crippen MR) is 133 cm³/mol. The van der Waals surface area contributed by atoms with Crippen LogP contribution in [-0.4, -0.2) is 58.4 Å². The number of amides is 1. The van der Waals surface area contributed by atoms with Gasteiger partial charge in [-0.05, 0) is 31.2 Å². The number of nitrogen functional groups attached to an aromatic ring is 1. The number of hydrogen-bond acceptors (Lipinski definition) is 8. The monoisotopic (exact) mass is 458 g/mol. The highest BCUT2D eigenvalue weighted by Gasteiger charge is 2.32. The average molecular weight is 459 g/mol. The number of fused-ring (bicyclic) bond motifs is 1. The number of nitrogens with one attached hydrogen (secondary N) is 3. The zero-order chi connectivity index (χ0) is 23.7. The summed E-state index contributed by atoms with van der Waals surface area (Å²) in [4.78, 5) is 24.3. The average Bonchev–Trinajstić information content (AvgIpc) is 3.24. The summed E-state index contributed by atoms with van der Waals surface area (Å²) in [7, 11) is 1.78. The summed E-state index contributed by atoms with van der Waals surface area (Å²) >= 11 is 0. The maximum absolute atomic E-state index is 12.9. The first-order valence-electron chi connectivity index (χ1n) is 11.1. The van der Waals surface area contributed by atoms with Crippen LogP contribution in [0.2, 0.25) is 0 Å². The number of anilines is 4. The van der Waals surface area contributed by atoms with Crippen molar-refractivity contribution in [2.75, 3.05) is 41.5 Å². The van der Waals surface area contributed by atoms with E-state index in [0.717, 1.165) is 27.8 Å². The Morgan fingerprint density at radius 3 is 2.79 bits per heavy atom. The van der Waals surface area contributed by atoms with Gasteiger partial charge in [-0.25, -0.2) is 4.98 Å². The number of benzene rings is 2. The van der Waals surface area contributed by atoms with Gasteiger partial charge in [0.2, 0.25) is 5.95 Å². The number of aromatic amines is 1. The third kappa shape index (κ3) is 4.23. The van der Waals surface area contributed by atoms with E-state index in [1.54, 1.807) is 7.05 Å². The smallest absolute Gasteiger partial charge is 0.255 e. The highest BCUT2D eigenvalue weighted by Crippen LogP contribution is 2.29. The van der Waals surface area contributed by atoms with Gasteiger partial charge in [-0.3, -0.25) is 9.89 Å². The molecule has 10 nitrogen and oxygen atoms in total. The Kier molecular flexibility index (Phi) is 5.72. The third-order valence-corrected chi connectivity index (χ3v) is 5.89. The van der Waals surface area contributed by atoms with Gasteiger partial charge in [0.05, 0.1) is 30.4 Å². The largest absolute Gasteiger partial charge is 0.382 e. The van der Waals surface area contributed by atoms with Crippen molar-refractivity contribution in [3.8, 4) is 11.3 Å². The van der Waals surface area contributed by atoms with Crippen LogP contribution in [-0.2, 0) is 9.53 Å². The van der Waals surface area contributed by atoms with Gasteiger partial charge < -0.3 is 26.0 Å². The molecule has 2 aromatic heterocycles. The molecule has 2 aromatic carbocycles. The molecule has 1 saturated heterocycles. The quantitative estimate of drug-likeness (QED) is 0.359. The van der Waals surface area contributed by atoms with Crippen molar-refractivity contribution < 1.29 is 9.53 Å². The van der Waals surface area contributed by atoms with Crippen molar-refractivity contribution >= 4 is 40.1 Å². The minimum Gasteiger partial charge on any atom is -0.382 e. The normalized spacial score (nSPS) is 18.1. The van der Waals surface area contributed by atoms with E-state index in [0.29, 0.717) is 30.7 Å². The molecule has 1 amide bonds. The Labute approximate surface area is 196 Å². The van der Waals surface area contributed by atoms with Crippen LogP contribution in [0.15, 0.2) is 54.6 Å². The molecule has 1 fully saturated rings. The van der Waals surface area contributed by atoms with Gasteiger partial charge in [0.15, 0.2) is 11.9 Å². The summed E-state index contributed by atoms with van der Waals surface area (Å²) < 4.78 is 5.86. The fraction of sp³-hybridized carbons (Fsp3) is 0.250. The number of ether oxygens (including phenoxy) is 1. The topological polar surface area (TPSA) is 134 Å². The van der Waals surface area contributed by atoms with E-state index in [4.69, 9.17) is 10.5 Å². The number of carbonyl (C=O) groups excluding carboxylic acids is 1. The number of rotatable bonds is 5. The van der Waals surface area contributed by atoms with E-state index in [9.17, 15) is 4.79 Å².